The van der Waals surface area contributed by atoms with Crippen LogP contribution in [0.3, 0.4) is 0 Å². The molecule has 1 heterocycles. The van der Waals surface area contributed by atoms with Gasteiger partial charge in [-0.05, 0) is 44.2 Å². The SMILES string of the molecule is Cc1cc(C)c(CN)c(OCC2CCCC2)n1. The van der Waals surface area contributed by atoms with E-state index in [4.69, 9.17) is 10.5 Å². The van der Waals surface area contributed by atoms with Gasteiger partial charge in [-0.15, -0.1) is 0 Å². The van der Waals surface area contributed by atoms with Gasteiger partial charge in [-0.25, -0.2) is 4.98 Å². The van der Waals surface area contributed by atoms with Crippen LogP contribution in [0.25, 0.3) is 0 Å². The van der Waals surface area contributed by atoms with Crippen molar-refractivity contribution in [1.29, 1.82) is 0 Å². The normalized spacial score (nSPS) is 16.4. The van der Waals surface area contributed by atoms with E-state index in [0.717, 1.165) is 23.7 Å². The summed E-state index contributed by atoms with van der Waals surface area (Å²) in [7, 11) is 0. The van der Waals surface area contributed by atoms with Crippen LogP contribution in [0, 0.1) is 19.8 Å². The molecule has 17 heavy (non-hydrogen) atoms. The van der Waals surface area contributed by atoms with Crippen molar-refractivity contribution in [2.24, 2.45) is 11.7 Å². The standard InChI is InChI=1S/C14H22N2O/c1-10-7-11(2)16-14(13(10)8-15)17-9-12-5-3-4-6-12/h7,12H,3-6,8-9,15H2,1-2H3. The van der Waals surface area contributed by atoms with Crippen molar-refractivity contribution in [3.05, 3.63) is 22.9 Å². The molecule has 0 aromatic carbocycles. The number of hydrogen-bond donors (Lipinski definition) is 1. The number of ether oxygens (including phenoxy) is 1. The summed E-state index contributed by atoms with van der Waals surface area (Å²) in [6.07, 6.45) is 5.28. The van der Waals surface area contributed by atoms with Gasteiger partial charge in [0.25, 0.3) is 0 Å². The Morgan fingerprint density at radius 1 is 1.35 bits per heavy atom. The van der Waals surface area contributed by atoms with E-state index in [1.807, 2.05) is 6.92 Å². The molecule has 0 amide bonds. The summed E-state index contributed by atoms with van der Waals surface area (Å²) >= 11 is 0. The van der Waals surface area contributed by atoms with Crippen LogP contribution in [0.2, 0.25) is 0 Å². The second-order valence-electron chi connectivity index (χ2n) is 5.03. The zero-order valence-electron chi connectivity index (χ0n) is 10.8. The van der Waals surface area contributed by atoms with Crippen LogP contribution in [0.15, 0.2) is 6.07 Å². The van der Waals surface area contributed by atoms with Crippen LogP contribution in [0.4, 0.5) is 0 Å². The maximum atomic E-state index is 5.88. The van der Waals surface area contributed by atoms with Crippen LogP contribution < -0.4 is 10.5 Å². The Labute approximate surface area is 103 Å². The highest BCUT2D eigenvalue weighted by Crippen LogP contribution is 2.27. The summed E-state index contributed by atoms with van der Waals surface area (Å²) in [4.78, 5) is 4.46. The van der Waals surface area contributed by atoms with Gasteiger partial charge in [0.1, 0.15) is 0 Å². The van der Waals surface area contributed by atoms with Crippen molar-refractivity contribution in [1.82, 2.24) is 4.98 Å². The number of pyridine rings is 1. The summed E-state index contributed by atoms with van der Waals surface area (Å²) in [5.74, 6) is 1.46. The van der Waals surface area contributed by atoms with E-state index < -0.39 is 0 Å². The fourth-order valence-corrected chi connectivity index (χ4v) is 2.57. The Morgan fingerprint density at radius 2 is 2.06 bits per heavy atom. The van der Waals surface area contributed by atoms with Crippen molar-refractivity contribution < 1.29 is 4.74 Å². The second-order valence-corrected chi connectivity index (χ2v) is 5.03. The Morgan fingerprint density at radius 3 is 2.71 bits per heavy atom. The smallest absolute Gasteiger partial charge is 0.218 e. The van der Waals surface area contributed by atoms with Crippen molar-refractivity contribution >= 4 is 0 Å². The molecule has 1 aromatic heterocycles. The van der Waals surface area contributed by atoms with Crippen LogP contribution in [0.1, 0.15) is 42.5 Å². The molecule has 0 atom stereocenters. The molecule has 1 aliphatic carbocycles. The molecular formula is C14H22N2O. The minimum absolute atomic E-state index is 0.499. The quantitative estimate of drug-likeness (QED) is 0.871. The first-order chi connectivity index (χ1) is 8.20. The molecule has 1 saturated carbocycles. The summed E-state index contributed by atoms with van der Waals surface area (Å²) in [6.45, 7) is 5.36. The van der Waals surface area contributed by atoms with E-state index in [1.165, 1.54) is 31.2 Å². The van der Waals surface area contributed by atoms with Gasteiger partial charge in [0.15, 0.2) is 0 Å². The number of nitrogens with zero attached hydrogens (tertiary/aromatic N) is 1. The fraction of sp³-hybridized carbons (Fsp3) is 0.643. The lowest BCUT2D eigenvalue weighted by molar-refractivity contribution is 0.240. The van der Waals surface area contributed by atoms with Gasteiger partial charge in [0.05, 0.1) is 6.61 Å². The molecule has 0 bridgehead atoms. The molecule has 1 fully saturated rings. The van der Waals surface area contributed by atoms with Gasteiger partial charge in [-0.1, -0.05) is 12.8 Å². The van der Waals surface area contributed by atoms with E-state index in [0.29, 0.717) is 12.5 Å². The average Bonchev–Trinajstić information content (AvgIpc) is 2.78. The van der Waals surface area contributed by atoms with Gasteiger partial charge in [0.2, 0.25) is 5.88 Å². The Bertz CT molecular complexity index is 384. The summed E-state index contributed by atoms with van der Waals surface area (Å²) in [6, 6.07) is 2.06. The minimum Gasteiger partial charge on any atom is -0.477 e. The first kappa shape index (κ1) is 12.4. The van der Waals surface area contributed by atoms with Gasteiger partial charge in [0, 0.05) is 17.8 Å². The van der Waals surface area contributed by atoms with Crippen LogP contribution in [0.5, 0.6) is 5.88 Å². The second kappa shape index (κ2) is 5.50. The van der Waals surface area contributed by atoms with E-state index in [-0.39, 0.29) is 0 Å². The van der Waals surface area contributed by atoms with E-state index in [2.05, 4.69) is 18.0 Å². The monoisotopic (exact) mass is 234 g/mol. The fourth-order valence-electron chi connectivity index (χ4n) is 2.57. The third-order valence-electron chi connectivity index (χ3n) is 3.57. The highest BCUT2D eigenvalue weighted by molar-refractivity contribution is 5.35. The first-order valence-electron chi connectivity index (χ1n) is 6.50. The molecule has 1 aromatic rings. The molecule has 0 spiro atoms. The van der Waals surface area contributed by atoms with Gasteiger partial charge >= 0.3 is 0 Å². The van der Waals surface area contributed by atoms with Gasteiger partial charge < -0.3 is 10.5 Å². The molecule has 2 rings (SSSR count). The Balaban J connectivity index is 2.07. The molecule has 2 N–H and O–H groups in total. The molecular weight excluding hydrogens is 212 g/mol. The molecule has 3 nitrogen and oxygen atoms in total. The van der Waals surface area contributed by atoms with Crippen LogP contribution in [-0.2, 0) is 6.54 Å². The molecule has 0 unspecified atom stereocenters. The number of rotatable bonds is 4. The average molecular weight is 234 g/mol. The lowest BCUT2D eigenvalue weighted by Gasteiger charge is -2.15. The van der Waals surface area contributed by atoms with Crippen molar-refractivity contribution in [2.45, 2.75) is 46.1 Å². The number of nitrogens with two attached hydrogens (primary N) is 1. The molecule has 1 aliphatic rings. The summed E-state index contributed by atoms with van der Waals surface area (Å²) in [5.41, 5.74) is 9.00. The minimum atomic E-state index is 0.499. The Kier molecular flexibility index (Phi) is 4.00. The highest BCUT2D eigenvalue weighted by Gasteiger charge is 2.17. The lowest BCUT2D eigenvalue weighted by atomic mass is 10.1. The number of aryl methyl sites for hydroxylation is 2. The van der Waals surface area contributed by atoms with E-state index >= 15 is 0 Å². The molecule has 3 heteroatoms. The Hall–Kier alpha value is -1.09. The highest BCUT2D eigenvalue weighted by atomic mass is 16.5. The zero-order valence-corrected chi connectivity index (χ0v) is 10.8. The third kappa shape index (κ3) is 2.97. The van der Waals surface area contributed by atoms with Crippen LogP contribution >= 0.6 is 0 Å². The van der Waals surface area contributed by atoms with E-state index in [1.54, 1.807) is 0 Å². The molecule has 94 valence electrons. The molecule has 0 saturated heterocycles. The maximum Gasteiger partial charge on any atom is 0.218 e. The molecule has 0 aliphatic heterocycles. The number of hydrogen-bond acceptors (Lipinski definition) is 3. The predicted molar refractivity (Wildman–Crippen MR) is 69.1 cm³/mol. The summed E-state index contributed by atoms with van der Waals surface area (Å²) < 4.78 is 5.88. The van der Waals surface area contributed by atoms with Gasteiger partial charge in [-0.3, -0.25) is 0 Å². The van der Waals surface area contributed by atoms with Gasteiger partial charge in [-0.2, -0.15) is 0 Å². The topological polar surface area (TPSA) is 48.1 Å². The third-order valence-corrected chi connectivity index (χ3v) is 3.57. The van der Waals surface area contributed by atoms with Crippen molar-refractivity contribution in [2.75, 3.05) is 6.61 Å². The predicted octanol–water partition coefficient (Wildman–Crippen LogP) is 2.73. The zero-order chi connectivity index (χ0) is 12.3. The summed E-state index contributed by atoms with van der Waals surface area (Å²) in [5, 5.41) is 0. The molecule has 0 radical (unpaired) electrons. The van der Waals surface area contributed by atoms with E-state index in [9.17, 15) is 0 Å². The first-order valence-corrected chi connectivity index (χ1v) is 6.50. The van der Waals surface area contributed by atoms with Crippen LogP contribution in [-0.4, -0.2) is 11.6 Å². The largest absolute Gasteiger partial charge is 0.477 e. The lowest BCUT2D eigenvalue weighted by Crippen LogP contribution is -2.13. The van der Waals surface area contributed by atoms with Crippen molar-refractivity contribution in [3.8, 4) is 5.88 Å². The number of aromatic nitrogens is 1. The van der Waals surface area contributed by atoms with Crippen molar-refractivity contribution in [3.63, 3.8) is 0 Å². The maximum absolute atomic E-state index is 5.88.